The van der Waals surface area contributed by atoms with Crippen LogP contribution in [-0.4, -0.2) is 38.6 Å². The second-order valence-corrected chi connectivity index (χ2v) is 4.76. The Morgan fingerprint density at radius 1 is 1.63 bits per heavy atom. The summed E-state index contributed by atoms with van der Waals surface area (Å²) in [6.07, 6.45) is 1.22. The third kappa shape index (κ3) is 2.57. The van der Waals surface area contributed by atoms with Crippen LogP contribution in [0.3, 0.4) is 0 Å². The zero-order valence-electron chi connectivity index (χ0n) is 9.82. The van der Waals surface area contributed by atoms with Crippen molar-refractivity contribution in [2.24, 2.45) is 0 Å². The van der Waals surface area contributed by atoms with Crippen molar-refractivity contribution < 1.29 is 14.9 Å². The van der Waals surface area contributed by atoms with Crippen molar-refractivity contribution in [2.75, 3.05) is 6.61 Å². The third-order valence-electron chi connectivity index (χ3n) is 3.02. The molecule has 0 saturated carbocycles. The highest BCUT2D eigenvalue weighted by Gasteiger charge is 2.46. The van der Waals surface area contributed by atoms with E-state index in [-0.39, 0.29) is 13.0 Å². The molecule has 0 aromatic carbocycles. The van der Waals surface area contributed by atoms with E-state index in [9.17, 15) is 14.7 Å². The van der Waals surface area contributed by atoms with Crippen LogP contribution in [-0.2, 0) is 10.5 Å². The van der Waals surface area contributed by atoms with Crippen molar-refractivity contribution in [1.82, 2.24) is 9.55 Å². The molecule has 7 nitrogen and oxygen atoms in total. The summed E-state index contributed by atoms with van der Waals surface area (Å²) in [6, 6.07) is 1.19. The maximum atomic E-state index is 11.8. The van der Waals surface area contributed by atoms with Gasteiger partial charge in [0.05, 0.1) is 12.7 Å². The number of hydrogen-bond acceptors (Lipinski definition) is 5. The van der Waals surface area contributed by atoms with Crippen molar-refractivity contribution >= 4 is 15.9 Å². The molecule has 3 atom stereocenters. The van der Waals surface area contributed by atoms with E-state index in [1.807, 2.05) is 0 Å². The third-order valence-corrected chi connectivity index (χ3v) is 3.29. The van der Waals surface area contributed by atoms with Crippen molar-refractivity contribution in [3.63, 3.8) is 0 Å². The normalized spacial score (nSPS) is 31.1. The van der Waals surface area contributed by atoms with Crippen LogP contribution in [0.25, 0.3) is 0 Å². The number of ether oxygens (including phenoxy) is 1. The van der Waals surface area contributed by atoms with Crippen LogP contribution in [0.1, 0.15) is 6.42 Å². The fourth-order valence-corrected chi connectivity index (χ4v) is 2.55. The van der Waals surface area contributed by atoms with Gasteiger partial charge in [0.2, 0.25) is 0 Å². The summed E-state index contributed by atoms with van der Waals surface area (Å²) in [5.74, 6) is 0. The van der Waals surface area contributed by atoms with Crippen molar-refractivity contribution in [2.45, 2.75) is 24.4 Å². The van der Waals surface area contributed by atoms with Crippen LogP contribution in [0.15, 0.2) is 32.9 Å². The van der Waals surface area contributed by atoms with Crippen LogP contribution in [0.4, 0.5) is 0 Å². The number of rotatable bonds is 3. The van der Waals surface area contributed by atoms with Gasteiger partial charge in [-0.05, 0) is 11.1 Å². The first-order chi connectivity index (χ1) is 9.02. The zero-order valence-corrected chi connectivity index (χ0v) is 11.4. The number of nitrogens with one attached hydrogen (secondary N) is 1. The number of halogens is 1. The van der Waals surface area contributed by atoms with Gasteiger partial charge >= 0.3 is 5.69 Å². The molecule has 8 heteroatoms. The summed E-state index contributed by atoms with van der Waals surface area (Å²) in [5.41, 5.74) is -2.40. The second-order valence-electron chi connectivity index (χ2n) is 4.23. The highest BCUT2D eigenvalue weighted by atomic mass is 79.9. The van der Waals surface area contributed by atoms with Gasteiger partial charge in [0.25, 0.3) is 5.56 Å². The Balaban J connectivity index is 2.52. The maximum absolute atomic E-state index is 11.8. The summed E-state index contributed by atoms with van der Waals surface area (Å²) in [4.78, 5) is 26.5. The largest absolute Gasteiger partial charge is 0.394 e. The number of nitrogens with zero attached hydrogens (tertiary/aromatic N) is 1. The Morgan fingerprint density at radius 2 is 2.37 bits per heavy atom. The van der Waals surface area contributed by atoms with Gasteiger partial charge < -0.3 is 14.9 Å². The monoisotopic (exact) mass is 332 g/mol. The van der Waals surface area contributed by atoms with Crippen molar-refractivity contribution in [1.29, 1.82) is 0 Å². The van der Waals surface area contributed by atoms with Gasteiger partial charge in [0.15, 0.2) is 5.72 Å². The number of H-pyrrole nitrogens is 1. The first-order valence-corrected chi connectivity index (χ1v) is 6.51. The zero-order chi connectivity index (χ0) is 14.0. The minimum absolute atomic E-state index is 0.0896. The van der Waals surface area contributed by atoms with Gasteiger partial charge in [-0.15, -0.1) is 0 Å². The second kappa shape index (κ2) is 5.41. The molecule has 2 heterocycles. The molecule has 1 saturated heterocycles. The molecule has 0 radical (unpaired) electrons. The Labute approximate surface area is 116 Å². The predicted octanol–water partition coefficient (Wildman–Crippen LogP) is -0.760. The Bertz CT molecular complexity index is 595. The minimum Gasteiger partial charge on any atom is -0.394 e. The lowest BCUT2D eigenvalue weighted by atomic mass is 10.1. The molecule has 1 aromatic rings. The molecule has 0 aliphatic carbocycles. The summed E-state index contributed by atoms with van der Waals surface area (Å²) in [5, 5.41) is 19.0. The fourth-order valence-electron chi connectivity index (χ4n) is 2.14. The minimum atomic E-state index is -1.24. The van der Waals surface area contributed by atoms with E-state index in [1.54, 1.807) is 0 Å². The highest BCUT2D eigenvalue weighted by Crippen LogP contribution is 2.35. The molecule has 1 unspecified atom stereocenters. The molecule has 2 rings (SSSR count). The van der Waals surface area contributed by atoms with Gasteiger partial charge in [0, 0.05) is 18.7 Å². The van der Waals surface area contributed by atoms with Crippen LogP contribution < -0.4 is 11.2 Å². The van der Waals surface area contributed by atoms with Crippen LogP contribution in [0.5, 0.6) is 0 Å². The number of aromatic amines is 1. The number of aliphatic hydroxyl groups is 2. The van der Waals surface area contributed by atoms with E-state index in [1.165, 1.54) is 27.9 Å². The summed E-state index contributed by atoms with van der Waals surface area (Å²) < 4.78 is 6.75. The molecule has 1 fully saturated rings. The predicted molar refractivity (Wildman–Crippen MR) is 69.9 cm³/mol. The average Bonchev–Trinajstić information content (AvgIpc) is 2.66. The first kappa shape index (κ1) is 14.2. The van der Waals surface area contributed by atoms with E-state index < -0.39 is 29.2 Å². The van der Waals surface area contributed by atoms with E-state index in [4.69, 9.17) is 9.84 Å². The number of aromatic nitrogens is 2. The maximum Gasteiger partial charge on any atom is 0.330 e. The van der Waals surface area contributed by atoms with E-state index in [0.717, 1.165) is 0 Å². The quantitative estimate of drug-likeness (QED) is 0.675. The molecule has 104 valence electrons. The van der Waals surface area contributed by atoms with Crippen molar-refractivity contribution in [3.8, 4) is 0 Å². The molecule has 0 spiro atoms. The number of hydrogen-bond donors (Lipinski definition) is 3. The van der Waals surface area contributed by atoms with E-state index in [2.05, 4.69) is 20.9 Å². The van der Waals surface area contributed by atoms with Gasteiger partial charge in [0.1, 0.15) is 6.10 Å². The molecule has 19 heavy (non-hydrogen) atoms. The molecule has 0 bridgehead atoms. The Morgan fingerprint density at radius 3 is 2.89 bits per heavy atom. The SMILES string of the molecule is O=c1ccn(C2(C=CBr)C[C@H](O)[C@@H](CO)O2)c(=O)[nH]1. The lowest BCUT2D eigenvalue weighted by Crippen LogP contribution is -2.42. The number of aliphatic hydroxyl groups excluding tert-OH is 2. The molecule has 1 aromatic heterocycles. The van der Waals surface area contributed by atoms with Crippen LogP contribution in [0, 0.1) is 0 Å². The lowest BCUT2D eigenvalue weighted by Gasteiger charge is -2.27. The fraction of sp³-hybridized carbons (Fsp3) is 0.455. The lowest BCUT2D eigenvalue weighted by molar-refractivity contribution is -0.0892. The summed E-state index contributed by atoms with van der Waals surface area (Å²) in [7, 11) is 0. The Hall–Kier alpha value is -1.22. The Kier molecular flexibility index (Phi) is 4.04. The van der Waals surface area contributed by atoms with Crippen molar-refractivity contribution in [3.05, 3.63) is 44.2 Å². The molecule has 0 amide bonds. The molecular weight excluding hydrogens is 320 g/mol. The van der Waals surface area contributed by atoms with E-state index in [0.29, 0.717) is 0 Å². The summed E-state index contributed by atoms with van der Waals surface area (Å²) in [6.45, 7) is -0.364. The molecule has 3 N–H and O–H groups in total. The average molecular weight is 333 g/mol. The van der Waals surface area contributed by atoms with Gasteiger partial charge in [-0.2, -0.15) is 0 Å². The molecule has 1 aliphatic heterocycles. The van der Waals surface area contributed by atoms with Gasteiger partial charge in [-0.1, -0.05) is 15.9 Å². The smallest absolute Gasteiger partial charge is 0.330 e. The summed E-state index contributed by atoms with van der Waals surface area (Å²) >= 11 is 3.10. The van der Waals surface area contributed by atoms with E-state index >= 15 is 0 Å². The topological polar surface area (TPSA) is 105 Å². The van der Waals surface area contributed by atoms with Gasteiger partial charge in [-0.3, -0.25) is 14.3 Å². The van der Waals surface area contributed by atoms with Crippen LogP contribution in [0.2, 0.25) is 0 Å². The van der Waals surface area contributed by atoms with Crippen LogP contribution >= 0.6 is 15.9 Å². The first-order valence-electron chi connectivity index (χ1n) is 5.59. The molecule has 1 aliphatic rings. The van der Waals surface area contributed by atoms with Gasteiger partial charge in [-0.25, -0.2) is 4.79 Å². The molecular formula is C11H13BrN2O5. The standard InChI is InChI=1S/C11H13BrN2O5/c12-3-2-11(5-7(16)8(6-15)19-11)14-4-1-9(17)13-10(14)18/h1-4,7-8,15-16H,5-6H2,(H,13,17,18)/t7-,8+,11?/m0/s1. The highest BCUT2D eigenvalue weighted by molar-refractivity contribution is 9.11.